The molecule has 3 unspecified atom stereocenters. The fourth-order valence-electron chi connectivity index (χ4n) is 2.75. The molecule has 1 N–H and O–H groups in total. The molecule has 1 aromatic rings. The maximum Gasteiger partial charge on any atom is 0.179 e. The predicted octanol–water partition coefficient (Wildman–Crippen LogP) is 2.17. The highest BCUT2D eigenvalue weighted by Gasteiger charge is 2.25. The molecule has 0 saturated carbocycles. The third-order valence-corrected chi connectivity index (χ3v) is 6.00. The Morgan fingerprint density at radius 3 is 2.52 bits per heavy atom. The molecule has 1 aliphatic heterocycles. The zero-order valence-corrected chi connectivity index (χ0v) is 13.8. The van der Waals surface area contributed by atoms with Crippen LogP contribution in [0.2, 0.25) is 0 Å². The number of hydrogen-bond acceptors (Lipinski definition) is 4. The molecule has 0 aromatic heterocycles. The van der Waals surface area contributed by atoms with Crippen LogP contribution >= 0.6 is 0 Å². The van der Waals surface area contributed by atoms with Crippen LogP contribution in [-0.4, -0.2) is 39.5 Å². The molecule has 1 fully saturated rings. The van der Waals surface area contributed by atoms with Gasteiger partial charge in [0.2, 0.25) is 0 Å². The SMILES string of the molecule is Cc1ccc(S(=O)(=O)CC(C)NC(C)C2CCOC2)cc1. The van der Waals surface area contributed by atoms with E-state index >= 15 is 0 Å². The third kappa shape index (κ3) is 4.53. The summed E-state index contributed by atoms with van der Waals surface area (Å²) in [6.45, 7) is 7.57. The van der Waals surface area contributed by atoms with E-state index in [2.05, 4.69) is 12.2 Å². The second kappa shape index (κ2) is 6.90. The molecule has 2 rings (SSSR count). The molecule has 0 amide bonds. The van der Waals surface area contributed by atoms with Crippen LogP contribution in [0.15, 0.2) is 29.2 Å². The van der Waals surface area contributed by atoms with Gasteiger partial charge in [0.1, 0.15) is 0 Å². The molecule has 5 heteroatoms. The summed E-state index contributed by atoms with van der Waals surface area (Å²) in [5.74, 6) is 0.600. The van der Waals surface area contributed by atoms with Crippen molar-refractivity contribution >= 4 is 9.84 Å². The van der Waals surface area contributed by atoms with Gasteiger partial charge in [0.15, 0.2) is 9.84 Å². The summed E-state index contributed by atoms with van der Waals surface area (Å²) in [7, 11) is -3.24. The number of rotatable bonds is 6. The summed E-state index contributed by atoms with van der Waals surface area (Å²) in [6, 6.07) is 7.24. The topological polar surface area (TPSA) is 55.4 Å². The largest absolute Gasteiger partial charge is 0.381 e. The lowest BCUT2D eigenvalue weighted by atomic mass is 10.0. The summed E-state index contributed by atoms with van der Waals surface area (Å²) in [4.78, 5) is 0.401. The number of nitrogens with one attached hydrogen (secondary N) is 1. The van der Waals surface area contributed by atoms with Gasteiger partial charge in [-0.3, -0.25) is 0 Å². The van der Waals surface area contributed by atoms with E-state index in [9.17, 15) is 8.42 Å². The minimum absolute atomic E-state index is 0.0769. The first kappa shape index (κ1) is 16.5. The van der Waals surface area contributed by atoms with Crippen LogP contribution in [0.1, 0.15) is 25.8 Å². The summed E-state index contributed by atoms with van der Waals surface area (Å²) in [6.07, 6.45) is 1.05. The monoisotopic (exact) mass is 311 g/mol. The molecule has 1 aromatic carbocycles. The van der Waals surface area contributed by atoms with Gasteiger partial charge in [0.25, 0.3) is 0 Å². The fourth-order valence-corrected chi connectivity index (χ4v) is 4.25. The summed E-state index contributed by atoms with van der Waals surface area (Å²) >= 11 is 0. The third-order valence-electron chi connectivity index (χ3n) is 4.07. The van der Waals surface area contributed by atoms with E-state index in [0.717, 1.165) is 25.2 Å². The molecular weight excluding hydrogens is 286 g/mol. The van der Waals surface area contributed by atoms with Crippen LogP contribution in [0, 0.1) is 12.8 Å². The number of benzene rings is 1. The van der Waals surface area contributed by atoms with Gasteiger partial charge in [-0.1, -0.05) is 17.7 Å². The highest BCUT2D eigenvalue weighted by Crippen LogP contribution is 2.18. The average Bonchev–Trinajstić information content (AvgIpc) is 2.92. The summed E-state index contributed by atoms with van der Waals surface area (Å²) < 4.78 is 30.2. The summed E-state index contributed by atoms with van der Waals surface area (Å²) in [5.41, 5.74) is 1.06. The first-order valence-electron chi connectivity index (χ1n) is 7.51. The highest BCUT2D eigenvalue weighted by atomic mass is 32.2. The lowest BCUT2D eigenvalue weighted by molar-refractivity contribution is 0.177. The van der Waals surface area contributed by atoms with Crippen molar-refractivity contribution in [3.63, 3.8) is 0 Å². The molecule has 0 aliphatic carbocycles. The minimum atomic E-state index is -3.24. The average molecular weight is 311 g/mol. The Labute approximate surface area is 127 Å². The number of sulfone groups is 1. The molecule has 21 heavy (non-hydrogen) atoms. The molecular formula is C16H25NO3S. The maximum atomic E-state index is 12.4. The molecule has 1 saturated heterocycles. The molecule has 118 valence electrons. The Kier molecular flexibility index (Phi) is 5.41. The van der Waals surface area contributed by atoms with Crippen molar-refractivity contribution in [2.24, 2.45) is 5.92 Å². The molecule has 1 aliphatic rings. The number of aryl methyl sites for hydroxylation is 1. The van der Waals surface area contributed by atoms with Gasteiger partial charge < -0.3 is 10.1 Å². The Morgan fingerprint density at radius 1 is 1.29 bits per heavy atom. The quantitative estimate of drug-likeness (QED) is 0.875. The maximum absolute atomic E-state index is 12.4. The Morgan fingerprint density at radius 2 is 1.95 bits per heavy atom. The highest BCUT2D eigenvalue weighted by molar-refractivity contribution is 7.91. The van der Waals surface area contributed by atoms with Gasteiger partial charge in [0, 0.05) is 18.7 Å². The van der Waals surface area contributed by atoms with E-state index in [-0.39, 0.29) is 17.8 Å². The lowest BCUT2D eigenvalue weighted by Crippen LogP contribution is -2.43. The standard InChI is InChI=1S/C16H25NO3S/c1-12-4-6-16(7-5-12)21(18,19)11-13(2)17-14(3)15-8-9-20-10-15/h4-7,13-15,17H,8-11H2,1-3H3. The van der Waals surface area contributed by atoms with E-state index in [0.29, 0.717) is 10.8 Å². The smallest absolute Gasteiger partial charge is 0.179 e. The van der Waals surface area contributed by atoms with Crippen LogP contribution in [0.4, 0.5) is 0 Å². The normalized spacial score (nSPS) is 22.1. The van der Waals surface area contributed by atoms with Gasteiger partial charge in [0.05, 0.1) is 17.3 Å². The second-order valence-corrected chi connectivity index (χ2v) is 8.11. The van der Waals surface area contributed by atoms with E-state index in [1.807, 2.05) is 26.0 Å². The lowest BCUT2D eigenvalue weighted by Gasteiger charge is -2.24. The Bertz CT molecular complexity index is 547. The van der Waals surface area contributed by atoms with Gasteiger partial charge >= 0.3 is 0 Å². The first-order chi connectivity index (χ1) is 9.88. The zero-order chi connectivity index (χ0) is 15.5. The Balaban J connectivity index is 1.94. The van der Waals surface area contributed by atoms with E-state index in [4.69, 9.17) is 4.74 Å². The summed E-state index contributed by atoms with van der Waals surface area (Å²) in [5, 5.41) is 3.40. The van der Waals surface area contributed by atoms with Gasteiger partial charge in [-0.05, 0) is 45.2 Å². The Hall–Kier alpha value is -0.910. The van der Waals surface area contributed by atoms with E-state index < -0.39 is 9.84 Å². The molecule has 0 spiro atoms. The molecule has 4 nitrogen and oxygen atoms in total. The van der Waals surface area contributed by atoms with Crippen LogP contribution in [0.25, 0.3) is 0 Å². The fraction of sp³-hybridized carbons (Fsp3) is 0.625. The van der Waals surface area contributed by atoms with Crippen LogP contribution in [0.3, 0.4) is 0 Å². The van der Waals surface area contributed by atoms with Crippen molar-refractivity contribution in [2.45, 2.75) is 44.2 Å². The second-order valence-electron chi connectivity index (χ2n) is 6.07. The minimum Gasteiger partial charge on any atom is -0.381 e. The first-order valence-corrected chi connectivity index (χ1v) is 9.17. The van der Waals surface area contributed by atoms with E-state index in [1.54, 1.807) is 12.1 Å². The van der Waals surface area contributed by atoms with Crippen LogP contribution in [0.5, 0.6) is 0 Å². The molecule has 1 heterocycles. The van der Waals surface area contributed by atoms with Crippen molar-refractivity contribution in [2.75, 3.05) is 19.0 Å². The number of ether oxygens (including phenoxy) is 1. The molecule has 3 atom stereocenters. The molecule has 0 bridgehead atoms. The van der Waals surface area contributed by atoms with Crippen molar-refractivity contribution in [3.05, 3.63) is 29.8 Å². The molecule has 0 radical (unpaired) electrons. The van der Waals surface area contributed by atoms with Crippen molar-refractivity contribution in [1.82, 2.24) is 5.32 Å². The van der Waals surface area contributed by atoms with Crippen molar-refractivity contribution in [3.8, 4) is 0 Å². The van der Waals surface area contributed by atoms with Crippen LogP contribution in [-0.2, 0) is 14.6 Å². The predicted molar refractivity (Wildman–Crippen MR) is 84.2 cm³/mol. The van der Waals surface area contributed by atoms with Crippen molar-refractivity contribution in [1.29, 1.82) is 0 Å². The van der Waals surface area contributed by atoms with Gasteiger partial charge in [-0.2, -0.15) is 0 Å². The van der Waals surface area contributed by atoms with Crippen LogP contribution < -0.4 is 5.32 Å². The van der Waals surface area contributed by atoms with Gasteiger partial charge in [-0.25, -0.2) is 8.42 Å². The van der Waals surface area contributed by atoms with Gasteiger partial charge in [-0.15, -0.1) is 0 Å². The van der Waals surface area contributed by atoms with E-state index in [1.165, 1.54) is 0 Å². The zero-order valence-electron chi connectivity index (χ0n) is 13.0. The van der Waals surface area contributed by atoms with Crippen molar-refractivity contribution < 1.29 is 13.2 Å². The number of hydrogen-bond donors (Lipinski definition) is 1.